The summed E-state index contributed by atoms with van der Waals surface area (Å²) in [6.07, 6.45) is 3.43. The largest absolute Gasteiger partial charge is 0.495 e. The Labute approximate surface area is 194 Å². The van der Waals surface area contributed by atoms with E-state index in [1.165, 1.54) is 0 Å². The van der Waals surface area contributed by atoms with Crippen LogP contribution in [0, 0.1) is 0 Å². The Morgan fingerprint density at radius 1 is 1.09 bits per heavy atom. The number of ether oxygens (including phenoxy) is 2. The standard InChI is InChI=1S/C25H30N4O4/c1-25(2,3)32-24(30)23-19(22(27-33-23)18-8-7-11-26-16-18)17-28-12-14-29(15-13-28)20-9-5-6-10-21(20)31-4/h5-11,16H,12-15,17H2,1-4H3. The molecule has 3 aromatic rings. The van der Waals surface area contributed by atoms with Gasteiger partial charge in [-0.2, -0.15) is 0 Å². The zero-order chi connectivity index (χ0) is 23.4. The average Bonchev–Trinajstić information content (AvgIpc) is 3.23. The van der Waals surface area contributed by atoms with Crippen molar-refractivity contribution in [3.63, 3.8) is 0 Å². The maximum atomic E-state index is 12.9. The summed E-state index contributed by atoms with van der Waals surface area (Å²) in [6.45, 7) is 9.36. The SMILES string of the molecule is COc1ccccc1N1CCN(Cc2c(-c3cccnc3)noc2C(=O)OC(C)(C)C)CC1. The number of rotatable bonds is 6. The van der Waals surface area contributed by atoms with Crippen LogP contribution in [0.25, 0.3) is 11.3 Å². The van der Waals surface area contributed by atoms with Crippen molar-refractivity contribution in [1.82, 2.24) is 15.0 Å². The highest BCUT2D eigenvalue weighted by Crippen LogP contribution is 2.31. The molecule has 1 aliphatic rings. The summed E-state index contributed by atoms with van der Waals surface area (Å²) in [5.74, 6) is 0.514. The lowest BCUT2D eigenvalue weighted by molar-refractivity contribution is 0.00249. The van der Waals surface area contributed by atoms with Crippen LogP contribution >= 0.6 is 0 Å². The van der Waals surface area contributed by atoms with Gasteiger partial charge in [-0.1, -0.05) is 17.3 Å². The molecular weight excluding hydrogens is 420 g/mol. The lowest BCUT2D eigenvalue weighted by Crippen LogP contribution is -2.46. The van der Waals surface area contributed by atoms with Gasteiger partial charge >= 0.3 is 5.97 Å². The molecule has 0 atom stereocenters. The second-order valence-corrected chi connectivity index (χ2v) is 9.02. The smallest absolute Gasteiger partial charge is 0.378 e. The number of methoxy groups -OCH3 is 1. The molecular formula is C25H30N4O4. The molecule has 1 aromatic carbocycles. The third kappa shape index (κ3) is 5.34. The van der Waals surface area contributed by atoms with E-state index >= 15 is 0 Å². The van der Waals surface area contributed by atoms with Crippen LogP contribution in [-0.4, -0.2) is 59.9 Å². The fourth-order valence-electron chi connectivity index (χ4n) is 3.93. The fourth-order valence-corrected chi connectivity index (χ4v) is 3.93. The highest BCUT2D eigenvalue weighted by Gasteiger charge is 2.30. The molecule has 2 aromatic heterocycles. The molecule has 4 rings (SSSR count). The van der Waals surface area contributed by atoms with Crippen LogP contribution in [-0.2, 0) is 11.3 Å². The number of hydrogen-bond donors (Lipinski definition) is 0. The highest BCUT2D eigenvalue weighted by molar-refractivity contribution is 5.90. The Balaban J connectivity index is 1.54. The van der Waals surface area contributed by atoms with Gasteiger partial charge in [-0.3, -0.25) is 9.88 Å². The average molecular weight is 451 g/mol. The van der Waals surface area contributed by atoms with E-state index in [1.54, 1.807) is 19.5 Å². The molecule has 1 aliphatic heterocycles. The van der Waals surface area contributed by atoms with Gasteiger partial charge in [0, 0.05) is 56.2 Å². The van der Waals surface area contributed by atoms with Gasteiger partial charge in [0.2, 0.25) is 5.76 Å². The molecule has 0 aliphatic carbocycles. The second kappa shape index (κ2) is 9.62. The van der Waals surface area contributed by atoms with Gasteiger partial charge < -0.3 is 18.9 Å². The predicted octanol–water partition coefficient (Wildman–Crippen LogP) is 4.02. The summed E-state index contributed by atoms with van der Waals surface area (Å²) in [5, 5.41) is 4.22. The van der Waals surface area contributed by atoms with Crippen LogP contribution in [0.1, 0.15) is 36.9 Å². The van der Waals surface area contributed by atoms with Crippen molar-refractivity contribution in [3.05, 3.63) is 60.1 Å². The summed E-state index contributed by atoms with van der Waals surface area (Å²) < 4.78 is 16.6. The summed E-state index contributed by atoms with van der Waals surface area (Å²) >= 11 is 0. The Bertz CT molecular complexity index is 1080. The van der Waals surface area contributed by atoms with E-state index < -0.39 is 11.6 Å². The fraction of sp³-hybridized carbons (Fsp3) is 0.400. The number of benzene rings is 1. The van der Waals surface area contributed by atoms with Gasteiger partial charge in [0.25, 0.3) is 0 Å². The number of piperazine rings is 1. The molecule has 0 bridgehead atoms. The monoisotopic (exact) mass is 450 g/mol. The topological polar surface area (TPSA) is 80.9 Å². The van der Waals surface area contributed by atoms with Crippen molar-refractivity contribution >= 4 is 11.7 Å². The molecule has 33 heavy (non-hydrogen) atoms. The number of anilines is 1. The number of para-hydroxylation sites is 2. The summed E-state index contributed by atoms with van der Waals surface area (Å²) in [4.78, 5) is 21.7. The minimum Gasteiger partial charge on any atom is -0.495 e. The van der Waals surface area contributed by atoms with Crippen LogP contribution in [0.5, 0.6) is 5.75 Å². The van der Waals surface area contributed by atoms with E-state index in [1.807, 2.05) is 51.1 Å². The molecule has 0 spiro atoms. The summed E-state index contributed by atoms with van der Waals surface area (Å²) in [6, 6.07) is 11.8. The van der Waals surface area contributed by atoms with Gasteiger partial charge in [-0.05, 0) is 45.0 Å². The molecule has 1 fully saturated rings. The number of aromatic nitrogens is 2. The molecule has 0 saturated carbocycles. The van der Waals surface area contributed by atoms with E-state index in [9.17, 15) is 4.79 Å². The Kier molecular flexibility index (Phi) is 6.65. The van der Waals surface area contributed by atoms with Crippen LogP contribution in [0.3, 0.4) is 0 Å². The van der Waals surface area contributed by atoms with Crippen LogP contribution in [0.2, 0.25) is 0 Å². The quantitative estimate of drug-likeness (QED) is 0.521. The highest BCUT2D eigenvalue weighted by atomic mass is 16.6. The first-order valence-corrected chi connectivity index (χ1v) is 11.1. The van der Waals surface area contributed by atoms with Crippen molar-refractivity contribution < 1.29 is 18.8 Å². The number of carbonyl (C=O) groups excluding carboxylic acids is 1. The maximum Gasteiger partial charge on any atom is 0.378 e. The number of carbonyl (C=O) groups is 1. The predicted molar refractivity (Wildman–Crippen MR) is 125 cm³/mol. The molecule has 0 unspecified atom stereocenters. The van der Waals surface area contributed by atoms with Crippen LogP contribution < -0.4 is 9.64 Å². The number of pyridine rings is 1. The summed E-state index contributed by atoms with van der Waals surface area (Å²) in [7, 11) is 1.69. The van der Waals surface area contributed by atoms with Gasteiger partial charge in [0.15, 0.2) is 0 Å². The van der Waals surface area contributed by atoms with Crippen molar-refractivity contribution in [2.45, 2.75) is 32.9 Å². The first-order valence-electron chi connectivity index (χ1n) is 11.1. The second-order valence-electron chi connectivity index (χ2n) is 9.02. The molecule has 0 radical (unpaired) electrons. The van der Waals surface area contributed by atoms with E-state index in [0.29, 0.717) is 12.2 Å². The first kappa shape index (κ1) is 22.8. The Hall–Kier alpha value is -3.39. The molecule has 3 heterocycles. The Morgan fingerprint density at radius 2 is 1.85 bits per heavy atom. The molecule has 8 nitrogen and oxygen atoms in total. The van der Waals surface area contributed by atoms with Gasteiger partial charge in [-0.25, -0.2) is 4.79 Å². The molecule has 174 valence electrons. The van der Waals surface area contributed by atoms with Crippen molar-refractivity contribution in [2.24, 2.45) is 0 Å². The lowest BCUT2D eigenvalue weighted by Gasteiger charge is -2.36. The third-order valence-corrected chi connectivity index (χ3v) is 5.49. The lowest BCUT2D eigenvalue weighted by atomic mass is 10.1. The molecule has 0 amide bonds. The van der Waals surface area contributed by atoms with Gasteiger partial charge in [0.05, 0.1) is 12.8 Å². The van der Waals surface area contributed by atoms with Gasteiger partial charge in [-0.15, -0.1) is 0 Å². The van der Waals surface area contributed by atoms with E-state index in [4.69, 9.17) is 14.0 Å². The minimum atomic E-state index is -0.629. The van der Waals surface area contributed by atoms with Crippen LogP contribution in [0.15, 0.2) is 53.3 Å². The van der Waals surface area contributed by atoms with E-state index in [-0.39, 0.29) is 5.76 Å². The zero-order valence-electron chi connectivity index (χ0n) is 19.6. The van der Waals surface area contributed by atoms with E-state index in [2.05, 4.69) is 26.0 Å². The Morgan fingerprint density at radius 3 is 2.52 bits per heavy atom. The molecule has 1 saturated heterocycles. The zero-order valence-corrected chi connectivity index (χ0v) is 19.6. The maximum absolute atomic E-state index is 12.9. The number of hydrogen-bond acceptors (Lipinski definition) is 8. The normalized spacial score (nSPS) is 14.8. The number of esters is 1. The van der Waals surface area contributed by atoms with Crippen molar-refractivity contribution in [3.8, 4) is 17.0 Å². The number of nitrogens with zero attached hydrogens (tertiary/aromatic N) is 4. The third-order valence-electron chi connectivity index (χ3n) is 5.49. The van der Waals surface area contributed by atoms with Crippen LogP contribution in [0.4, 0.5) is 5.69 Å². The van der Waals surface area contributed by atoms with E-state index in [0.717, 1.165) is 48.7 Å². The van der Waals surface area contributed by atoms with Crippen molar-refractivity contribution in [1.29, 1.82) is 0 Å². The van der Waals surface area contributed by atoms with Gasteiger partial charge in [0.1, 0.15) is 17.0 Å². The first-order chi connectivity index (χ1) is 15.9. The molecule has 0 N–H and O–H groups in total. The summed E-state index contributed by atoms with van der Waals surface area (Å²) in [5.41, 5.74) is 2.61. The van der Waals surface area contributed by atoms with Crippen molar-refractivity contribution in [2.75, 3.05) is 38.2 Å². The molecule has 8 heteroatoms. The minimum absolute atomic E-state index is 0.149.